The van der Waals surface area contributed by atoms with Crippen LogP contribution in [-0.2, 0) is 30.4 Å². The summed E-state index contributed by atoms with van der Waals surface area (Å²) in [5.74, 6) is -0.775. The van der Waals surface area contributed by atoms with E-state index in [0.717, 1.165) is 12.0 Å². The Bertz CT molecular complexity index is 1140. The van der Waals surface area contributed by atoms with Gasteiger partial charge in [0.15, 0.2) is 6.29 Å². The first-order valence-corrected chi connectivity index (χ1v) is 17.3. The lowest BCUT2D eigenvalue weighted by Gasteiger charge is -2.33. The number of nitrogens with zero attached hydrogens (tertiary/aromatic N) is 1. The third-order valence-electron chi connectivity index (χ3n) is 7.59. The van der Waals surface area contributed by atoms with E-state index in [1.54, 1.807) is 53.4 Å². The van der Waals surface area contributed by atoms with E-state index in [9.17, 15) is 24.3 Å². The second-order valence-corrected chi connectivity index (χ2v) is 16.2. The molecule has 0 saturated carbocycles. The van der Waals surface area contributed by atoms with Crippen LogP contribution in [0, 0.1) is 11.3 Å². The summed E-state index contributed by atoms with van der Waals surface area (Å²) in [6.45, 7) is 21.5. The van der Waals surface area contributed by atoms with E-state index >= 15 is 0 Å². The van der Waals surface area contributed by atoms with Crippen LogP contribution < -0.4 is 16.0 Å². The molecule has 0 aromatic heterocycles. The number of amides is 4. The van der Waals surface area contributed by atoms with Crippen molar-refractivity contribution in [2.45, 2.75) is 138 Å². The first kappa shape index (κ1) is 43.6. The third kappa shape index (κ3) is 21.3. The molecule has 0 radical (unpaired) electrons. The number of hydrogen-bond acceptors (Lipinski definition) is 8. The van der Waals surface area contributed by atoms with Crippen LogP contribution in [-0.4, -0.2) is 83.2 Å². The molecular weight excluding hydrogens is 628 g/mol. The van der Waals surface area contributed by atoms with Crippen LogP contribution in [0.25, 0.3) is 0 Å². The maximum atomic E-state index is 13.3. The van der Waals surface area contributed by atoms with Crippen molar-refractivity contribution in [3.63, 3.8) is 0 Å². The number of benzene rings is 1. The minimum absolute atomic E-state index is 0.113. The van der Waals surface area contributed by atoms with Gasteiger partial charge in [-0.25, -0.2) is 9.59 Å². The van der Waals surface area contributed by atoms with E-state index in [-0.39, 0.29) is 49.8 Å². The number of carbonyl (C=O) groups excluding carboxylic acids is 4. The van der Waals surface area contributed by atoms with Crippen molar-refractivity contribution >= 4 is 24.0 Å². The molecule has 4 amide bonds. The molecule has 0 aliphatic rings. The Morgan fingerprint density at radius 1 is 0.796 bits per heavy atom. The zero-order chi connectivity index (χ0) is 37.5. The van der Waals surface area contributed by atoms with E-state index < -0.39 is 41.1 Å². The number of alkyl carbamates (subject to hydrolysis) is 2. The molecule has 2 atom stereocenters. The lowest BCUT2D eigenvalue weighted by atomic mass is 9.80. The minimum Gasteiger partial charge on any atom is -0.444 e. The Morgan fingerprint density at radius 3 is 1.80 bits per heavy atom. The summed E-state index contributed by atoms with van der Waals surface area (Å²) in [5.41, 5.74) is -1.04. The molecule has 4 N–H and O–H groups in total. The van der Waals surface area contributed by atoms with Crippen LogP contribution in [0.2, 0.25) is 0 Å². The lowest BCUT2D eigenvalue weighted by Crippen LogP contribution is -2.46. The van der Waals surface area contributed by atoms with Crippen molar-refractivity contribution < 1.29 is 38.5 Å². The van der Waals surface area contributed by atoms with Crippen LogP contribution in [0.1, 0.15) is 114 Å². The maximum Gasteiger partial charge on any atom is 0.407 e. The molecule has 1 aromatic carbocycles. The highest BCUT2D eigenvalue weighted by atomic mass is 16.6. The van der Waals surface area contributed by atoms with Gasteiger partial charge < -0.3 is 40.2 Å². The van der Waals surface area contributed by atoms with Gasteiger partial charge in [-0.15, -0.1) is 0 Å². The Labute approximate surface area is 294 Å². The second kappa shape index (κ2) is 19.7. The number of ether oxygens (including phenoxy) is 3. The molecule has 280 valence electrons. The van der Waals surface area contributed by atoms with E-state index in [1.165, 1.54) is 0 Å². The van der Waals surface area contributed by atoms with Gasteiger partial charge in [0.1, 0.15) is 11.2 Å². The average Bonchev–Trinajstić information content (AvgIpc) is 2.95. The van der Waals surface area contributed by atoms with E-state index in [1.807, 2.05) is 44.2 Å². The quantitative estimate of drug-likeness (QED) is 0.131. The van der Waals surface area contributed by atoms with Crippen molar-refractivity contribution in [1.82, 2.24) is 20.9 Å². The molecule has 0 aliphatic carbocycles. The van der Waals surface area contributed by atoms with Crippen LogP contribution in [0.15, 0.2) is 30.3 Å². The number of aliphatic hydroxyl groups excluding tert-OH is 1. The third-order valence-corrected chi connectivity index (χ3v) is 7.59. The minimum atomic E-state index is -0.897. The molecular formula is C37H64N4O8. The van der Waals surface area contributed by atoms with Gasteiger partial charge in [0.25, 0.3) is 0 Å². The topological polar surface area (TPSA) is 156 Å². The molecule has 0 saturated heterocycles. The fourth-order valence-electron chi connectivity index (χ4n) is 4.78. The smallest absolute Gasteiger partial charge is 0.407 e. The summed E-state index contributed by atoms with van der Waals surface area (Å²) in [4.78, 5) is 52.2. The monoisotopic (exact) mass is 692 g/mol. The van der Waals surface area contributed by atoms with Gasteiger partial charge in [-0.1, -0.05) is 51.1 Å². The average molecular weight is 693 g/mol. The van der Waals surface area contributed by atoms with Gasteiger partial charge in [-0.2, -0.15) is 0 Å². The molecule has 1 rings (SSSR count). The molecule has 12 nitrogen and oxygen atoms in total. The number of rotatable bonds is 19. The Morgan fingerprint density at radius 2 is 1.31 bits per heavy atom. The van der Waals surface area contributed by atoms with E-state index in [4.69, 9.17) is 14.2 Å². The SMILES string of the molecule is C[C@@H](CCC(=O)N(CCNC(=O)OC(C)(C)C)CCNC(=O)OC(C)(C)C)C(=O)NC(C)(C)CCC(C)(C)CC(O)OCc1ccccc1. The van der Waals surface area contributed by atoms with Crippen LogP contribution in [0.3, 0.4) is 0 Å². The molecule has 0 bridgehead atoms. The Balaban J connectivity index is 2.64. The molecule has 49 heavy (non-hydrogen) atoms. The van der Waals surface area contributed by atoms with Crippen molar-refractivity contribution in [2.24, 2.45) is 11.3 Å². The van der Waals surface area contributed by atoms with Crippen molar-refractivity contribution in [3.8, 4) is 0 Å². The number of hydrogen-bond donors (Lipinski definition) is 4. The zero-order valence-corrected chi connectivity index (χ0v) is 31.9. The van der Waals surface area contributed by atoms with E-state index in [0.29, 0.717) is 25.9 Å². The number of aliphatic hydroxyl groups is 1. The number of carbonyl (C=O) groups is 4. The zero-order valence-electron chi connectivity index (χ0n) is 31.9. The standard InChI is InChI=1S/C37H64N4O8/c1-27(31(44)40-37(10,11)20-19-36(8,9)25-30(43)47-26-28-15-13-12-14-16-28)17-18-29(42)41(23-21-38-32(45)48-34(2,3)4)24-22-39-33(46)49-35(5,6)7/h12-16,27,30,43H,17-26H2,1-11H3,(H,38,45)(H,39,46)(H,40,44)/t27-,30?/m0/s1. The molecule has 0 spiro atoms. The summed E-state index contributed by atoms with van der Waals surface area (Å²) in [7, 11) is 0. The van der Waals surface area contributed by atoms with Gasteiger partial charge >= 0.3 is 12.2 Å². The first-order valence-electron chi connectivity index (χ1n) is 17.3. The van der Waals surface area contributed by atoms with E-state index in [2.05, 4.69) is 29.8 Å². The van der Waals surface area contributed by atoms with Crippen LogP contribution in [0.5, 0.6) is 0 Å². The predicted molar refractivity (Wildman–Crippen MR) is 191 cm³/mol. The molecule has 0 fully saturated rings. The Hall–Kier alpha value is -3.38. The molecule has 0 heterocycles. The van der Waals surface area contributed by atoms with Crippen molar-refractivity contribution in [3.05, 3.63) is 35.9 Å². The number of nitrogens with one attached hydrogen (secondary N) is 3. The fourth-order valence-corrected chi connectivity index (χ4v) is 4.78. The molecule has 1 aromatic rings. The summed E-state index contributed by atoms with van der Waals surface area (Å²) in [6, 6.07) is 9.71. The largest absolute Gasteiger partial charge is 0.444 e. The molecule has 1 unspecified atom stereocenters. The van der Waals surface area contributed by atoms with Gasteiger partial charge in [0, 0.05) is 50.5 Å². The highest BCUT2D eigenvalue weighted by Crippen LogP contribution is 2.32. The van der Waals surface area contributed by atoms with Gasteiger partial charge in [-0.05, 0) is 85.6 Å². The summed E-state index contributed by atoms with van der Waals surface area (Å²) >= 11 is 0. The maximum absolute atomic E-state index is 13.3. The van der Waals surface area contributed by atoms with Crippen molar-refractivity contribution in [2.75, 3.05) is 26.2 Å². The summed E-state index contributed by atoms with van der Waals surface area (Å²) in [5, 5.41) is 18.9. The fraction of sp³-hybridized carbons (Fsp3) is 0.730. The predicted octanol–water partition coefficient (Wildman–Crippen LogP) is 5.91. The van der Waals surface area contributed by atoms with Gasteiger partial charge in [0.05, 0.1) is 6.61 Å². The first-order chi connectivity index (χ1) is 22.5. The molecule has 12 heteroatoms. The highest BCUT2D eigenvalue weighted by Gasteiger charge is 2.29. The molecule has 0 aliphatic heterocycles. The van der Waals surface area contributed by atoms with Crippen LogP contribution in [0.4, 0.5) is 9.59 Å². The highest BCUT2D eigenvalue weighted by molar-refractivity contribution is 5.81. The van der Waals surface area contributed by atoms with Crippen molar-refractivity contribution in [1.29, 1.82) is 0 Å². The lowest BCUT2D eigenvalue weighted by molar-refractivity contribution is -0.132. The summed E-state index contributed by atoms with van der Waals surface area (Å²) < 4.78 is 16.2. The van der Waals surface area contributed by atoms with Crippen LogP contribution >= 0.6 is 0 Å². The summed E-state index contributed by atoms with van der Waals surface area (Å²) in [6.07, 6.45) is 0.264. The van der Waals surface area contributed by atoms with Gasteiger partial charge in [-0.3, -0.25) is 9.59 Å². The Kier molecular flexibility index (Phi) is 17.6. The van der Waals surface area contributed by atoms with Gasteiger partial charge in [0.2, 0.25) is 11.8 Å². The second-order valence-electron chi connectivity index (χ2n) is 16.2. The normalized spacial score (nSPS) is 13.6.